The third kappa shape index (κ3) is 2.88. The third-order valence-electron chi connectivity index (χ3n) is 5.88. The third-order valence-corrected chi connectivity index (χ3v) is 6.17. The number of rotatable bonds is 3. The maximum Gasteiger partial charge on any atom is 0.168 e. The second-order valence-corrected chi connectivity index (χ2v) is 8.23. The molecule has 0 unspecified atom stereocenters. The summed E-state index contributed by atoms with van der Waals surface area (Å²) in [6, 6.07) is 13.7. The van der Waals surface area contributed by atoms with E-state index >= 15 is 0 Å². The summed E-state index contributed by atoms with van der Waals surface area (Å²) in [6.07, 6.45) is 7.06. The first-order valence-electron chi connectivity index (χ1n) is 10.3. The molecule has 5 aromatic rings. The van der Waals surface area contributed by atoms with E-state index in [2.05, 4.69) is 22.2 Å². The summed E-state index contributed by atoms with van der Waals surface area (Å²) in [5.41, 5.74) is 17.7. The Morgan fingerprint density at radius 2 is 1.97 bits per heavy atom. The number of imidazole rings is 1. The number of benzene rings is 1. The van der Waals surface area contributed by atoms with Gasteiger partial charge in [-0.15, -0.1) is 0 Å². The minimum absolute atomic E-state index is 0.0750. The largest absolute Gasteiger partial charge is 0.383 e. The van der Waals surface area contributed by atoms with Crippen molar-refractivity contribution in [2.45, 2.75) is 18.9 Å². The summed E-state index contributed by atoms with van der Waals surface area (Å²) in [4.78, 5) is 14.0. The van der Waals surface area contributed by atoms with Crippen molar-refractivity contribution in [2.75, 3.05) is 5.73 Å². The molecule has 1 aliphatic rings. The Morgan fingerprint density at radius 3 is 2.78 bits per heavy atom. The first-order chi connectivity index (χ1) is 15.6. The fraction of sp³-hybridized carbons (Fsp3) is 0.130. The number of nitrogens with two attached hydrogens (primary N) is 2. The van der Waals surface area contributed by atoms with Crippen LogP contribution in [0.5, 0.6) is 0 Å². The molecule has 0 bridgehead atoms. The second kappa shape index (κ2) is 7.15. The number of aryl methyl sites for hydroxylation is 1. The fourth-order valence-electron chi connectivity index (χ4n) is 4.33. The van der Waals surface area contributed by atoms with Gasteiger partial charge in [-0.2, -0.15) is 5.10 Å². The Labute approximate surface area is 188 Å². The first kappa shape index (κ1) is 19.0. The molecule has 6 rings (SSSR count). The topological polar surface area (TPSA) is 113 Å². The summed E-state index contributed by atoms with van der Waals surface area (Å²) in [5.74, 6) is 1.61. The van der Waals surface area contributed by atoms with Gasteiger partial charge in [0, 0.05) is 36.4 Å². The van der Waals surface area contributed by atoms with E-state index in [1.807, 2.05) is 35.0 Å². The molecule has 0 fully saturated rings. The van der Waals surface area contributed by atoms with Crippen LogP contribution < -0.4 is 11.5 Å². The number of anilines is 1. The lowest BCUT2D eigenvalue weighted by Gasteiger charge is -2.13. The standard InChI is InChI=1S/C23H19ClN8/c24-17-12-19(31-10-2-9-28-31)29-23-20(17)30-22(16-3-1-8-27-21(16)26)32(23)14-5-6-15-13(11-14)4-7-18(15)25/h1-3,5-6,8-12,18H,4,7,25H2,(H2,26,27)/t18-/m0/s1. The fourth-order valence-corrected chi connectivity index (χ4v) is 4.55. The minimum Gasteiger partial charge on any atom is -0.383 e. The quantitative estimate of drug-likeness (QED) is 0.438. The van der Waals surface area contributed by atoms with Crippen molar-refractivity contribution < 1.29 is 0 Å². The van der Waals surface area contributed by atoms with Gasteiger partial charge in [-0.3, -0.25) is 4.57 Å². The van der Waals surface area contributed by atoms with E-state index in [0.29, 0.717) is 39.2 Å². The average Bonchev–Trinajstić information content (AvgIpc) is 3.53. The lowest BCUT2D eigenvalue weighted by Crippen LogP contribution is -2.06. The van der Waals surface area contributed by atoms with Gasteiger partial charge in [0.25, 0.3) is 0 Å². The van der Waals surface area contributed by atoms with Gasteiger partial charge in [0.05, 0.1) is 10.6 Å². The number of nitrogens with zero attached hydrogens (tertiary/aromatic N) is 6. The van der Waals surface area contributed by atoms with Crippen molar-refractivity contribution >= 4 is 28.6 Å². The summed E-state index contributed by atoms with van der Waals surface area (Å²) >= 11 is 6.67. The van der Waals surface area contributed by atoms with E-state index < -0.39 is 0 Å². The number of halogens is 1. The number of nitrogen functional groups attached to an aromatic ring is 1. The van der Waals surface area contributed by atoms with E-state index in [4.69, 9.17) is 33.0 Å². The van der Waals surface area contributed by atoms with Crippen LogP contribution >= 0.6 is 11.6 Å². The summed E-state index contributed by atoms with van der Waals surface area (Å²) < 4.78 is 3.65. The van der Waals surface area contributed by atoms with Crippen molar-refractivity contribution in [3.05, 3.63) is 77.2 Å². The summed E-state index contributed by atoms with van der Waals surface area (Å²) in [5, 5.41) is 4.77. The highest BCUT2D eigenvalue weighted by atomic mass is 35.5. The molecule has 9 heteroatoms. The Morgan fingerprint density at radius 1 is 1.06 bits per heavy atom. The van der Waals surface area contributed by atoms with Crippen molar-refractivity contribution in [3.8, 4) is 22.9 Å². The van der Waals surface area contributed by atoms with E-state index in [1.165, 1.54) is 11.1 Å². The zero-order valence-corrected chi connectivity index (χ0v) is 17.7. The van der Waals surface area contributed by atoms with Crippen LogP contribution in [0.25, 0.3) is 34.1 Å². The lowest BCUT2D eigenvalue weighted by molar-refractivity contribution is 0.713. The predicted octanol–water partition coefficient (Wildman–Crippen LogP) is 3.85. The molecule has 0 amide bonds. The summed E-state index contributed by atoms with van der Waals surface area (Å²) in [6.45, 7) is 0. The van der Waals surface area contributed by atoms with Crippen LogP contribution in [-0.4, -0.2) is 29.3 Å². The molecule has 1 aliphatic carbocycles. The van der Waals surface area contributed by atoms with Gasteiger partial charge in [-0.25, -0.2) is 19.6 Å². The van der Waals surface area contributed by atoms with Crippen LogP contribution in [0.15, 0.2) is 61.1 Å². The number of hydrogen-bond donors (Lipinski definition) is 2. The highest BCUT2D eigenvalue weighted by molar-refractivity contribution is 6.35. The van der Waals surface area contributed by atoms with Gasteiger partial charge < -0.3 is 11.5 Å². The van der Waals surface area contributed by atoms with Gasteiger partial charge in [0.15, 0.2) is 17.3 Å². The van der Waals surface area contributed by atoms with E-state index in [0.717, 1.165) is 18.5 Å². The van der Waals surface area contributed by atoms with E-state index in [9.17, 15) is 0 Å². The van der Waals surface area contributed by atoms with Crippen LogP contribution in [0.3, 0.4) is 0 Å². The molecule has 0 saturated carbocycles. The normalized spacial score (nSPS) is 15.4. The highest BCUT2D eigenvalue weighted by Gasteiger charge is 2.24. The van der Waals surface area contributed by atoms with Crippen molar-refractivity contribution in [3.63, 3.8) is 0 Å². The molecule has 8 nitrogen and oxygen atoms in total. The number of pyridine rings is 2. The molecule has 1 atom stereocenters. The SMILES string of the molecule is Nc1ncccc1-c1nc2c(Cl)cc(-n3cccn3)nc2n1-c1ccc2c(c1)CC[C@@H]2N. The number of aromatic nitrogens is 6. The molecule has 4 heterocycles. The molecule has 0 saturated heterocycles. The molecule has 158 valence electrons. The average molecular weight is 443 g/mol. The molecular weight excluding hydrogens is 424 g/mol. The smallest absolute Gasteiger partial charge is 0.168 e. The van der Waals surface area contributed by atoms with Crippen LogP contribution in [-0.2, 0) is 6.42 Å². The number of hydrogen-bond acceptors (Lipinski definition) is 6. The zero-order valence-electron chi connectivity index (χ0n) is 17.0. The zero-order chi connectivity index (χ0) is 21.8. The van der Waals surface area contributed by atoms with Gasteiger partial charge >= 0.3 is 0 Å². The van der Waals surface area contributed by atoms with Crippen LogP contribution in [0, 0.1) is 0 Å². The first-order valence-corrected chi connectivity index (χ1v) is 10.7. The predicted molar refractivity (Wildman–Crippen MR) is 124 cm³/mol. The van der Waals surface area contributed by atoms with Crippen LogP contribution in [0.1, 0.15) is 23.6 Å². The lowest BCUT2D eigenvalue weighted by atomic mass is 10.1. The molecule has 4 N–H and O–H groups in total. The Balaban J connectivity index is 1.67. The summed E-state index contributed by atoms with van der Waals surface area (Å²) in [7, 11) is 0. The van der Waals surface area contributed by atoms with Gasteiger partial charge in [0.2, 0.25) is 0 Å². The maximum absolute atomic E-state index is 6.67. The molecular formula is C23H19ClN8. The van der Waals surface area contributed by atoms with E-state index in [1.54, 1.807) is 23.1 Å². The molecule has 32 heavy (non-hydrogen) atoms. The monoisotopic (exact) mass is 442 g/mol. The van der Waals surface area contributed by atoms with Gasteiger partial charge in [0.1, 0.15) is 11.3 Å². The molecule has 1 aromatic carbocycles. The van der Waals surface area contributed by atoms with Gasteiger partial charge in [-0.05, 0) is 54.3 Å². The maximum atomic E-state index is 6.67. The molecule has 0 aliphatic heterocycles. The van der Waals surface area contributed by atoms with Crippen molar-refractivity contribution in [2.24, 2.45) is 5.73 Å². The molecule has 4 aromatic heterocycles. The molecule has 0 radical (unpaired) electrons. The molecule has 0 spiro atoms. The highest BCUT2D eigenvalue weighted by Crippen LogP contribution is 2.36. The second-order valence-electron chi connectivity index (χ2n) is 7.82. The van der Waals surface area contributed by atoms with Crippen molar-refractivity contribution in [1.29, 1.82) is 0 Å². The minimum atomic E-state index is 0.0750. The van der Waals surface area contributed by atoms with Crippen LogP contribution in [0.2, 0.25) is 5.02 Å². The van der Waals surface area contributed by atoms with Gasteiger partial charge in [-0.1, -0.05) is 17.7 Å². The Hall–Kier alpha value is -3.75. The van der Waals surface area contributed by atoms with Crippen molar-refractivity contribution in [1.82, 2.24) is 29.3 Å². The number of fused-ring (bicyclic) bond motifs is 2. The van der Waals surface area contributed by atoms with E-state index in [-0.39, 0.29) is 6.04 Å². The Bertz CT molecular complexity index is 1470. The Kier molecular flexibility index (Phi) is 4.24. The van der Waals surface area contributed by atoms with Crippen LogP contribution in [0.4, 0.5) is 5.82 Å².